The van der Waals surface area contributed by atoms with Crippen LogP contribution in [0.4, 0.5) is 0 Å². The monoisotopic (exact) mass is 558 g/mol. The third-order valence-electron chi connectivity index (χ3n) is 8.82. The minimum atomic E-state index is 0.886. The maximum Gasteiger partial charge on any atom is 0.0973 e. The van der Waals surface area contributed by atoms with Crippen LogP contribution in [-0.2, 0) is 0 Å². The second-order valence-electron chi connectivity index (χ2n) is 11.4. The highest BCUT2D eigenvalue weighted by Crippen LogP contribution is 2.38. The first-order chi connectivity index (χ1) is 21.8. The molecule has 44 heavy (non-hydrogen) atoms. The van der Waals surface area contributed by atoms with Crippen LogP contribution >= 0.6 is 0 Å². The van der Waals surface area contributed by atoms with E-state index in [1.54, 1.807) is 0 Å². The molecule has 0 aliphatic rings. The first-order valence-electron chi connectivity index (χ1n) is 15.0. The van der Waals surface area contributed by atoms with Crippen LogP contribution in [0.3, 0.4) is 0 Å². The van der Waals surface area contributed by atoms with Crippen molar-refractivity contribution in [1.29, 1.82) is 0 Å². The van der Waals surface area contributed by atoms with E-state index in [0.717, 1.165) is 49.9 Å². The van der Waals surface area contributed by atoms with Crippen molar-refractivity contribution in [1.82, 2.24) is 9.97 Å². The zero-order valence-corrected chi connectivity index (χ0v) is 23.9. The van der Waals surface area contributed by atoms with E-state index in [2.05, 4.69) is 158 Å². The van der Waals surface area contributed by atoms with Crippen LogP contribution < -0.4 is 0 Å². The van der Waals surface area contributed by atoms with Crippen LogP contribution in [0, 0.1) is 0 Å². The molecular formula is C42H26N2. The molecule has 0 spiro atoms. The number of hydrogen-bond donors (Lipinski definition) is 0. The molecule has 0 aliphatic heterocycles. The molecule has 0 saturated carbocycles. The molecule has 9 aromatic rings. The lowest BCUT2D eigenvalue weighted by molar-refractivity contribution is 1.30. The van der Waals surface area contributed by atoms with Crippen molar-refractivity contribution in [2.45, 2.75) is 0 Å². The van der Waals surface area contributed by atoms with Gasteiger partial charge in [0, 0.05) is 16.5 Å². The first kappa shape index (κ1) is 24.7. The van der Waals surface area contributed by atoms with E-state index in [1.165, 1.54) is 37.9 Å². The van der Waals surface area contributed by atoms with Gasteiger partial charge in [0.2, 0.25) is 0 Å². The van der Waals surface area contributed by atoms with Crippen LogP contribution in [0.5, 0.6) is 0 Å². The average molecular weight is 559 g/mol. The van der Waals surface area contributed by atoms with E-state index in [1.807, 2.05) is 0 Å². The molecule has 9 rings (SSSR count). The summed E-state index contributed by atoms with van der Waals surface area (Å²) in [5.74, 6) is 0. The Morgan fingerprint density at radius 2 is 0.864 bits per heavy atom. The van der Waals surface area contributed by atoms with Gasteiger partial charge in [0.05, 0.1) is 22.4 Å². The van der Waals surface area contributed by atoms with Gasteiger partial charge < -0.3 is 0 Å². The van der Waals surface area contributed by atoms with Gasteiger partial charge in [-0.15, -0.1) is 0 Å². The Morgan fingerprint density at radius 3 is 1.70 bits per heavy atom. The topological polar surface area (TPSA) is 25.8 Å². The Balaban J connectivity index is 1.33. The molecule has 0 radical (unpaired) electrons. The zero-order valence-electron chi connectivity index (χ0n) is 23.9. The lowest BCUT2D eigenvalue weighted by Crippen LogP contribution is -1.97. The highest BCUT2D eigenvalue weighted by Gasteiger charge is 2.17. The maximum atomic E-state index is 5.41. The molecule has 0 atom stereocenters. The standard InChI is InChI=1S/C42H26N2/c1-2-9-27(10-3-1)31-13-8-14-32(25-31)41-40(43-39-24-21-29-12-5-7-16-35(29)42(39)44-41)33-18-17-30-20-22-36-34-15-6-4-11-28(34)19-23-37(36)38(30)26-33/h1-26H. The summed E-state index contributed by atoms with van der Waals surface area (Å²) in [7, 11) is 0. The van der Waals surface area contributed by atoms with Crippen LogP contribution in [0.1, 0.15) is 0 Å². The Labute approximate surface area is 254 Å². The van der Waals surface area contributed by atoms with Crippen LogP contribution in [0.25, 0.3) is 87.8 Å². The Morgan fingerprint density at radius 1 is 0.295 bits per heavy atom. The fraction of sp³-hybridized carbons (Fsp3) is 0. The molecule has 8 aromatic carbocycles. The molecular weight excluding hydrogens is 532 g/mol. The summed E-state index contributed by atoms with van der Waals surface area (Å²) < 4.78 is 0. The fourth-order valence-corrected chi connectivity index (χ4v) is 6.63. The van der Waals surface area contributed by atoms with Crippen molar-refractivity contribution in [3.8, 4) is 33.6 Å². The third kappa shape index (κ3) is 3.96. The smallest absolute Gasteiger partial charge is 0.0973 e. The quantitative estimate of drug-likeness (QED) is 0.202. The summed E-state index contributed by atoms with van der Waals surface area (Å²) in [4.78, 5) is 10.8. The van der Waals surface area contributed by atoms with Crippen molar-refractivity contribution >= 4 is 54.1 Å². The van der Waals surface area contributed by atoms with Gasteiger partial charge in [-0.05, 0) is 67.0 Å². The molecule has 1 heterocycles. The molecule has 0 amide bonds. The molecule has 0 fully saturated rings. The summed E-state index contributed by atoms with van der Waals surface area (Å²) >= 11 is 0. The molecule has 0 aliphatic carbocycles. The second kappa shape index (κ2) is 9.86. The lowest BCUT2D eigenvalue weighted by atomic mass is 9.94. The van der Waals surface area contributed by atoms with Crippen molar-refractivity contribution in [3.63, 3.8) is 0 Å². The maximum absolute atomic E-state index is 5.41. The van der Waals surface area contributed by atoms with E-state index in [9.17, 15) is 0 Å². The van der Waals surface area contributed by atoms with Gasteiger partial charge in [-0.2, -0.15) is 0 Å². The summed E-state index contributed by atoms with van der Waals surface area (Å²) in [5.41, 5.74) is 8.03. The number of benzene rings is 8. The number of hydrogen-bond acceptors (Lipinski definition) is 2. The van der Waals surface area contributed by atoms with Gasteiger partial charge in [-0.1, -0.05) is 140 Å². The van der Waals surface area contributed by atoms with Crippen molar-refractivity contribution in [2.75, 3.05) is 0 Å². The Hall–Kier alpha value is -5.86. The summed E-state index contributed by atoms with van der Waals surface area (Å²) in [6.45, 7) is 0. The molecule has 0 saturated heterocycles. The Bertz CT molecular complexity index is 2550. The minimum absolute atomic E-state index is 0.886. The van der Waals surface area contributed by atoms with E-state index < -0.39 is 0 Å². The van der Waals surface area contributed by atoms with Gasteiger partial charge in [0.1, 0.15) is 0 Å². The SMILES string of the molecule is c1ccc(-c2cccc(-c3nc4c(ccc5ccccc54)nc3-c3ccc4ccc5c6ccccc6ccc5c4c3)c2)cc1. The average Bonchev–Trinajstić information content (AvgIpc) is 3.11. The highest BCUT2D eigenvalue weighted by molar-refractivity contribution is 6.18. The lowest BCUT2D eigenvalue weighted by Gasteiger charge is -2.14. The number of fused-ring (bicyclic) bond motifs is 8. The molecule has 0 bridgehead atoms. The summed E-state index contributed by atoms with van der Waals surface area (Å²) in [5, 5.41) is 9.74. The van der Waals surface area contributed by atoms with Crippen LogP contribution in [-0.4, -0.2) is 9.97 Å². The molecule has 2 heteroatoms. The normalized spacial score (nSPS) is 11.6. The van der Waals surface area contributed by atoms with E-state index >= 15 is 0 Å². The number of aromatic nitrogens is 2. The van der Waals surface area contributed by atoms with Gasteiger partial charge in [0.15, 0.2) is 0 Å². The fourth-order valence-electron chi connectivity index (χ4n) is 6.63. The van der Waals surface area contributed by atoms with Crippen molar-refractivity contribution < 1.29 is 0 Å². The highest BCUT2D eigenvalue weighted by atomic mass is 14.8. The molecule has 0 N–H and O–H groups in total. The van der Waals surface area contributed by atoms with Gasteiger partial charge in [0.25, 0.3) is 0 Å². The number of rotatable bonds is 3. The van der Waals surface area contributed by atoms with Gasteiger partial charge >= 0.3 is 0 Å². The van der Waals surface area contributed by atoms with Gasteiger partial charge in [-0.3, -0.25) is 0 Å². The summed E-state index contributed by atoms with van der Waals surface area (Å²) in [6, 6.07) is 56.1. The molecule has 1 aromatic heterocycles. The van der Waals surface area contributed by atoms with E-state index in [0.29, 0.717) is 0 Å². The number of nitrogens with zero attached hydrogens (tertiary/aromatic N) is 2. The van der Waals surface area contributed by atoms with Crippen molar-refractivity contribution in [2.24, 2.45) is 0 Å². The molecule has 2 nitrogen and oxygen atoms in total. The van der Waals surface area contributed by atoms with E-state index in [-0.39, 0.29) is 0 Å². The molecule has 0 unspecified atom stereocenters. The largest absolute Gasteiger partial charge is 0.244 e. The van der Waals surface area contributed by atoms with Crippen molar-refractivity contribution in [3.05, 3.63) is 158 Å². The third-order valence-corrected chi connectivity index (χ3v) is 8.82. The van der Waals surface area contributed by atoms with Crippen LogP contribution in [0.2, 0.25) is 0 Å². The predicted octanol–water partition coefficient (Wildman–Crippen LogP) is 11.2. The van der Waals surface area contributed by atoms with Crippen LogP contribution in [0.15, 0.2) is 158 Å². The van der Waals surface area contributed by atoms with Gasteiger partial charge in [-0.25, -0.2) is 9.97 Å². The predicted molar refractivity (Wildman–Crippen MR) is 186 cm³/mol. The van der Waals surface area contributed by atoms with E-state index in [4.69, 9.17) is 9.97 Å². The summed E-state index contributed by atoms with van der Waals surface area (Å²) in [6.07, 6.45) is 0. The molecule has 204 valence electrons. The Kier molecular flexibility index (Phi) is 5.54. The first-order valence-corrected chi connectivity index (χ1v) is 15.0. The second-order valence-corrected chi connectivity index (χ2v) is 11.4. The minimum Gasteiger partial charge on any atom is -0.244 e. The zero-order chi connectivity index (χ0) is 29.0.